The SMILES string of the molecule is CC(NC(=O)c1cc2c(=O)n3ccccc3nc2n(CCCn2ccnc2)c1=N)c1ccccc1. The summed E-state index contributed by atoms with van der Waals surface area (Å²) in [5.41, 5.74) is 1.71. The predicted octanol–water partition coefficient (Wildman–Crippen LogP) is 2.91. The van der Waals surface area contributed by atoms with Gasteiger partial charge in [0.1, 0.15) is 16.8 Å². The first kappa shape index (κ1) is 22.3. The van der Waals surface area contributed by atoms with E-state index in [9.17, 15) is 9.59 Å². The minimum Gasteiger partial charge on any atom is -0.345 e. The number of nitrogens with one attached hydrogen (secondary N) is 2. The molecule has 5 rings (SSSR count). The van der Waals surface area contributed by atoms with Crippen LogP contribution in [0.4, 0.5) is 0 Å². The second-order valence-electron chi connectivity index (χ2n) is 8.40. The molecule has 1 aromatic carbocycles. The second kappa shape index (κ2) is 9.38. The van der Waals surface area contributed by atoms with Crippen LogP contribution in [0.3, 0.4) is 0 Å². The molecule has 5 aromatic rings. The van der Waals surface area contributed by atoms with E-state index in [1.807, 2.05) is 54.1 Å². The van der Waals surface area contributed by atoms with Crippen LogP contribution in [0.25, 0.3) is 16.7 Å². The highest BCUT2D eigenvalue weighted by Crippen LogP contribution is 2.14. The van der Waals surface area contributed by atoms with Gasteiger partial charge in [-0.15, -0.1) is 0 Å². The van der Waals surface area contributed by atoms with Crippen molar-refractivity contribution in [1.29, 1.82) is 5.41 Å². The van der Waals surface area contributed by atoms with Gasteiger partial charge in [-0.2, -0.15) is 0 Å². The number of fused-ring (bicyclic) bond motifs is 2. The molecule has 0 saturated carbocycles. The standard InChI is InChI=1S/C26H25N7O2/c1-18(19-8-3-2-4-9-19)29-25(34)20-16-21-24(30-22-10-5-6-13-32(22)26(21)35)33(23(20)27)14-7-12-31-15-11-28-17-31/h2-6,8-11,13,15-18,27H,7,12,14H2,1H3,(H,29,34). The van der Waals surface area contributed by atoms with Crippen molar-refractivity contribution in [2.75, 3.05) is 0 Å². The van der Waals surface area contributed by atoms with Gasteiger partial charge in [-0.3, -0.25) is 19.4 Å². The summed E-state index contributed by atoms with van der Waals surface area (Å²) >= 11 is 0. The number of aryl methyl sites for hydroxylation is 2. The monoisotopic (exact) mass is 467 g/mol. The van der Waals surface area contributed by atoms with Gasteiger partial charge in [-0.05, 0) is 37.1 Å². The van der Waals surface area contributed by atoms with Crippen molar-refractivity contribution >= 4 is 22.6 Å². The van der Waals surface area contributed by atoms with Gasteiger partial charge < -0.3 is 14.5 Å². The molecule has 0 saturated heterocycles. The van der Waals surface area contributed by atoms with E-state index in [4.69, 9.17) is 5.41 Å². The third-order valence-electron chi connectivity index (χ3n) is 6.07. The number of benzene rings is 1. The molecule has 35 heavy (non-hydrogen) atoms. The van der Waals surface area contributed by atoms with Crippen LogP contribution in [0, 0.1) is 5.41 Å². The van der Waals surface area contributed by atoms with Crippen molar-refractivity contribution in [2.24, 2.45) is 0 Å². The molecule has 0 aliphatic carbocycles. The van der Waals surface area contributed by atoms with Crippen LogP contribution in [-0.2, 0) is 13.1 Å². The Hall–Kier alpha value is -4.53. The first-order valence-electron chi connectivity index (χ1n) is 11.4. The lowest BCUT2D eigenvalue weighted by atomic mass is 10.1. The number of hydrogen-bond donors (Lipinski definition) is 2. The average Bonchev–Trinajstić information content (AvgIpc) is 3.39. The summed E-state index contributed by atoms with van der Waals surface area (Å²) in [5, 5.41) is 12.1. The van der Waals surface area contributed by atoms with Gasteiger partial charge in [0.15, 0.2) is 0 Å². The number of aromatic nitrogens is 5. The first-order valence-corrected chi connectivity index (χ1v) is 11.4. The van der Waals surface area contributed by atoms with E-state index in [0.29, 0.717) is 36.2 Å². The zero-order valence-electron chi connectivity index (χ0n) is 19.3. The van der Waals surface area contributed by atoms with E-state index in [-0.39, 0.29) is 22.7 Å². The molecule has 1 amide bonds. The van der Waals surface area contributed by atoms with Crippen molar-refractivity contribution < 1.29 is 4.79 Å². The van der Waals surface area contributed by atoms with Crippen LogP contribution >= 0.6 is 0 Å². The number of hydrogen-bond acceptors (Lipinski definition) is 5. The van der Waals surface area contributed by atoms with Crippen molar-refractivity contribution in [3.8, 4) is 0 Å². The molecule has 1 atom stereocenters. The molecule has 4 aromatic heterocycles. The fraction of sp³-hybridized carbons (Fsp3) is 0.192. The molecule has 1 unspecified atom stereocenters. The Bertz CT molecular complexity index is 1620. The number of carbonyl (C=O) groups excluding carboxylic acids is 1. The van der Waals surface area contributed by atoms with E-state index in [2.05, 4.69) is 15.3 Å². The minimum absolute atomic E-state index is 0.0214. The van der Waals surface area contributed by atoms with Gasteiger partial charge in [0.05, 0.1) is 23.3 Å². The smallest absolute Gasteiger partial charge is 0.267 e. The molecule has 9 nitrogen and oxygen atoms in total. The molecular formula is C26H25N7O2. The summed E-state index contributed by atoms with van der Waals surface area (Å²) in [6, 6.07) is 16.2. The number of amides is 1. The van der Waals surface area contributed by atoms with Crippen LogP contribution < -0.4 is 16.4 Å². The van der Waals surface area contributed by atoms with E-state index < -0.39 is 5.91 Å². The molecular weight excluding hydrogens is 442 g/mol. The summed E-state index contributed by atoms with van der Waals surface area (Å²) in [4.78, 5) is 35.4. The van der Waals surface area contributed by atoms with Gasteiger partial charge in [0, 0.05) is 31.7 Å². The Morgan fingerprint density at radius 2 is 1.89 bits per heavy atom. The highest BCUT2D eigenvalue weighted by atomic mass is 16.2. The Morgan fingerprint density at radius 3 is 2.66 bits per heavy atom. The van der Waals surface area contributed by atoms with Gasteiger partial charge in [0.25, 0.3) is 11.5 Å². The van der Waals surface area contributed by atoms with Crippen molar-refractivity contribution in [3.63, 3.8) is 0 Å². The normalized spacial score (nSPS) is 12.1. The number of carbonyl (C=O) groups is 1. The van der Waals surface area contributed by atoms with E-state index in [0.717, 1.165) is 5.56 Å². The molecule has 4 heterocycles. The lowest BCUT2D eigenvalue weighted by Gasteiger charge is -2.17. The maximum Gasteiger partial charge on any atom is 0.267 e. The first-order chi connectivity index (χ1) is 17.0. The lowest BCUT2D eigenvalue weighted by molar-refractivity contribution is 0.0937. The number of nitrogens with zero attached hydrogens (tertiary/aromatic N) is 5. The highest BCUT2D eigenvalue weighted by Gasteiger charge is 2.19. The van der Waals surface area contributed by atoms with Gasteiger partial charge >= 0.3 is 0 Å². The van der Waals surface area contributed by atoms with Crippen molar-refractivity contribution in [1.82, 2.24) is 28.8 Å². The maximum absolute atomic E-state index is 13.3. The lowest BCUT2D eigenvalue weighted by Crippen LogP contribution is -2.36. The van der Waals surface area contributed by atoms with E-state index >= 15 is 0 Å². The number of pyridine rings is 2. The zero-order chi connectivity index (χ0) is 24.4. The van der Waals surface area contributed by atoms with Gasteiger partial charge in [-0.1, -0.05) is 36.4 Å². The molecule has 0 aliphatic rings. The Balaban J connectivity index is 1.59. The van der Waals surface area contributed by atoms with Crippen molar-refractivity contribution in [2.45, 2.75) is 32.5 Å². The molecule has 176 valence electrons. The number of rotatable bonds is 7. The van der Waals surface area contributed by atoms with Crippen LogP contribution in [-0.4, -0.2) is 29.4 Å². The third-order valence-corrected chi connectivity index (χ3v) is 6.07. The quantitative estimate of drug-likeness (QED) is 0.359. The van der Waals surface area contributed by atoms with Crippen LogP contribution in [0.15, 0.2) is 84.3 Å². The summed E-state index contributed by atoms with van der Waals surface area (Å²) in [6.45, 7) is 2.99. The molecule has 0 bridgehead atoms. The van der Waals surface area contributed by atoms with Gasteiger partial charge in [0.2, 0.25) is 0 Å². The Morgan fingerprint density at radius 1 is 1.09 bits per heavy atom. The average molecular weight is 468 g/mol. The molecule has 0 aliphatic heterocycles. The molecule has 0 radical (unpaired) electrons. The topological polar surface area (TPSA) is 110 Å². The van der Waals surface area contributed by atoms with Crippen LogP contribution in [0.2, 0.25) is 0 Å². The second-order valence-corrected chi connectivity index (χ2v) is 8.40. The maximum atomic E-state index is 13.3. The van der Waals surface area contributed by atoms with E-state index in [1.165, 1.54) is 10.5 Å². The van der Waals surface area contributed by atoms with E-state index in [1.54, 1.807) is 35.4 Å². The molecule has 2 N–H and O–H groups in total. The Labute approximate surface area is 200 Å². The summed E-state index contributed by atoms with van der Waals surface area (Å²) in [6.07, 6.45) is 7.64. The summed E-state index contributed by atoms with van der Waals surface area (Å²) in [7, 11) is 0. The molecule has 0 spiro atoms. The predicted molar refractivity (Wildman–Crippen MR) is 132 cm³/mol. The molecule has 9 heteroatoms. The summed E-state index contributed by atoms with van der Waals surface area (Å²) < 4.78 is 5.06. The summed E-state index contributed by atoms with van der Waals surface area (Å²) in [5.74, 6) is -0.408. The Kier molecular flexibility index (Phi) is 5.97. The number of imidazole rings is 1. The van der Waals surface area contributed by atoms with Gasteiger partial charge in [-0.25, -0.2) is 9.97 Å². The largest absolute Gasteiger partial charge is 0.345 e. The zero-order valence-corrected chi connectivity index (χ0v) is 19.3. The minimum atomic E-state index is -0.408. The van der Waals surface area contributed by atoms with Crippen molar-refractivity contribution in [3.05, 3.63) is 106 Å². The fourth-order valence-corrected chi connectivity index (χ4v) is 4.21. The van der Waals surface area contributed by atoms with Crippen LogP contribution in [0.1, 0.15) is 35.3 Å². The third kappa shape index (κ3) is 4.35. The molecule has 0 fully saturated rings. The fourth-order valence-electron chi connectivity index (χ4n) is 4.21. The highest BCUT2D eigenvalue weighted by molar-refractivity contribution is 5.97. The van der Waals surface area contributed by atoms with Crippen LogP contribution in [0.5, 0.6) is 0 Å².